The van der Waals surface area contributed by atoms with Gasteiger partial charge in [0.25, 0.3) is 0 Å². The Morgan fingerprint density at radius 2 is 2.13 bits per heavy atom. The summed E-state index contributed by atoms with van der Waals surface area (Å²) in [4.78, 5) is 0. The summed E-state index contributed by atoms with van der Waals surface area (Å²) < 4.78 is 5.20. The fourth-order valence-corrected chi connectivity index (χ4v) is 1.30. The lowest BCUT2D eigenvalue weighted by atomic mass is 10.1. The van der Waals surface area contributed by atoms with Gasteiger partial charge in [0.2, 0.25) is 0 Å². The van der Waals surface area contributed by atoms with Crippen LogP contribution < -0.4 is 4.74 Å². The van der Waals surface area contributed by atoms with Crippen molar-refractivity contribution in [1.82, 2.24) is 0 Å². The zero-order valence-corrected chi connectivity index (χ0v) is 10.1. The summed E-state index contributed by atoms with van der Waals surface area (Å²) in [6.45, 7) is 4.29. The topological polar surface area (TPSA) is 9.23 Å². The highest BCUT2D eigenvalue weighted by atomic mass is 35.5. The predicted molar refractivity (Wildman–Crippen MR) is 64.3 cm³/mol. The monoisotopic (exact) mass is 222 g/mol. The number of benzene rings is 1. The summed E-state index contributed by atoms with van der Waals surface area (Å²) in [5, 5.41) is 0.685. The molecule has 1 aromatic rings. The molecule has 0 saturated heterocycles. The van der Waals surface area contributed by atoms with Gasteiger partial charge in [-0.3, -0.25) is 0 Å². The van der Waals surface area contributed by atoms with Gasteiger partial charge in [0, 0.05) is 11.4 Å². The standard InChI is InChI=1S/C13H15ClO/c1-10(2)5-4-6-11-9-12(14)7-8-13(11)15-3/h7-10H,5H2,1-3H3. The van der Waals surface area contributed by atoms with Gasteiger partial charge in [-0.05, 0) is 24.1 Å². The van der Waals surface area contributed by atoms with Crippen LogP contribution in [0.25, 0.3) is 0 Å². The van der Waals surface area contributed by atoms with Crippen molar-refractivity contribution in [3.8, 4) is 17.6 Å². The molecule has 0 spiro atoms. The number of methoxy groups -OCH3 is 1. The van der Waals surface area contributed by atoms with Crippen LogP contribution >= 0.6 is 11.6 Å². The molecule has 0 aromatic heterocycles. The van der Waals surface area contributed by atoms with Crippen molar-refractivity contribution in [3.05, 3.63) is 28.8 Å². The van der Waals surface area contributed by atoms with E-state index in [1.807, 2.05) is 12.1 Å². The highest BCUT2D eigenvalue weighted by molar-refractivity contribution is 6.30. The number of ether oxygens (including phenoxy) is 1. The molecule has 1 rings (SSSR count). The third-order valence-electron chi connectivity index (χ3n) is 1.89. The Morgan fingerprint density at radius 1 is 1.40 bits per heavy atom. The third kappa shape index (κ3) is 3.85. The second-order valence-corrected chi connectivity index (χ2v) is 4.18. The van der Waals surface area contributed by atoms with Crippen LogP contribution in [-0.2, 0) is 0 Å². The van der Waals surface area contributed by atoms with Gasteiger partial charge < -0.3 is 4.74 Å². The molecule has 80 valence electrons. The van der Waals surface area contributed by atoms with Crippen molar-refractivity contribution in [2.24, 2.45) is 5.92 Å². The molecule has 0 bridgehead atoms. The van der Waals surface area contributed by atoms with Crippen molar-refractivity contribution in [3.63, 3.8) is 0 Å². The van der Waals surface area contributed by atoms with Crippen molar-refractivity contribution < 1.29 is 4.74 Å². The molecular formula is C13H15ClO. The fraction of sp³-hybridized carbons (Fsp3) is 0.385. The Bertz CT molecular complexity index is 385. The first-order valence-corrected chi connectivity index (χ1v) is 5.33. The summed E-state index contributed by atoms with van der Waals surface area (Å²) in [7, 11) is 1.64. The molecule has 15 heavy (non-hydrogen) atoms. The first kappa shape index (κ1) is 11.9. The molecular weight excluding hydrogens is 208 g/mol. The SMILES string of the molecule is COc1ccc(Cl)cc1C#CCC(C)C. The average molecular weight is 223 g/mol. The van der Waals surface area contributed by atoms with Crippen molar-refractivity contribution in [1.29, 1.82) is 0 Å². The molecule has 0 aliphatic heterocycles. The van der Waals surface area contributed by atoms with Crippen LogP contribution in [0.4, 0.5) is 0 Å². The smallest absolute Gasteiger partial charge is 0.134 e. The maximum absolute atomic E-state index is 5.89. The number of rotatable bonds is 2. The molecule has 2 heteroatoms. The van der Waals surface area contributed by atoms with Gasteiger partial charge >= 0.3 is 0 Å². The fourth-order valence-electron chi connectivity index (χ4n) is 1.13. The van der Waals surface area contributed by atoms with Gasteiger partial charge in [-0.2, -0.15) is 0 Å². The maximum Gasteiger partial charge on any atom is 0.134 e. The zero-order valence-electron chi connectivity index (χ0n) is 9.30. The number of hydrogen-bond acceptors (Lipinski definition) is 1. The van der Waals surface area contributed by atoms with Crippen LogP contribution in [0.3, 0.4) is 0 Å². The normalized spacial score (nSPS) is 9.67. The van der Waals surface area contributed by atoms with E-state index in [0.717, 1.165) is 17.7 Å². The second-order valence-electron chi connectivity index (χ2n) is 3.74. The van der Waals surface area contributed by atoms with E-state index >= 15 is 0 Å². The highest BCUT2D eigenvalue weighted by Gasteiger charge is 2.00. The van der Waals surface area contributed by atoms with E-state index in [1.54, 1.807) is 13.2 Å². The van der Waals surface area contributed by atoms with Crippen molar-refractivity contribution >= 4 is 11.6 Å². The lowest BCUT2D eigenvalue weighted by Gasteiger charge is -2.02. The van der Waals surface area contributed by atoms with Gasteiger partial charge in [-0.25, -0.2) is 0 Å². The largest absolute Gasteiger partial charge is 0.495 e. The van der Waals surface area contributed by atoms with Gasteiger partial charge in [0.15, 0.2) is 0 Å². The van der Waals surface area contributed by atoms with Gasteiger partial charge in [-0.15, -0.1) is 0 Å². The minimum Gasteiger partial charge on any atom is -0.495 e. The summed E-state index contributed by atoms with van der Waals surface area (Å²) >= 11 is 5.89. The van der Waals surface area contributed by atoms with Crippen LogP contribution in [0.2, 0.25) is 5.02 Å². The molecule has 0 N–H and O–H groups in total. The number of hydrogen-bond donors (Lipinski definition) is 0. The Kier molecular flexibility index (Phi) is 4.52. The summed E-state index contributed by atoms with van der Waals surface area (Å²) in [5.74, 6) is 7.55. The average Bonchev–Trinajstić information content (AvgIpc) is 2.17. The van der Waals surface area contributed by atoms with Gasteiger partial charge in [-0.1, -0.05) is 37.3 Å². The molecule has 0 atom stereocenters. The van der Waals surface area contributed by atoms with E-state index in [9.17, 15) is 0 Å². The Morgan fingerprint density at radius 3 is 2.73 bits per heavy atom. The van der Waals surface area contributed by atoms with Crippen molar-refractivity contribution in [2.75, 3.05) is 7.11 Å². The van der Waals surface area contributed by atoms with E-state index in [0.29, 0.717) is 10.9 Å². The molecule has 0 unspecified atom stereocenters. The first-order chi connectivity index (χ1) is 7.13. The van der Waals surface area contributed by atoms with E-state index in [-0.39, 0.29) is 0 Å². The molecule has 1 aromatic carbocycles. The van der Waals surface area contributed by atoms with Crippen LogP contribution in [0.5, 0.6) is 5.75 Å². The van der Waals surface area contributed by atoms with Crippen LogP contribution in [-0.4, -0.2) is 7.11 Å². The molecule has 0 aliphatic rings. The lowest BCUT2D eigenvalue weighted by molar-refractivity contribution is 0.413. The summed E-state index contributed by atoms with van der Waals surface area (Å²) in [6.07, 6.45) is 0.885. The van der Waals surface area contributed by atoms with E-state index in [4.69, 9.17) is 16.3 Å². The van der Waals surface area contributed by atoms with E-state index in [1.165, 1.54) is 0 Å². The third-order valence-corrected chi connectivity index (χ3v) is 2.13. The van der Waals surface area contributed by atoms with Crippen LogP contribution in [0.1, 0.15) is 25.8 Å². The summed E-state index contributed by atoms with van der Waals surface area (Å²) in [5.41, 5.74) is 0.852. The molecule has 0 radical (unpaired) electrons. The Balaban J connectivity index is 2.90. The zero-order chi connectivity index (χ0) is 11.3. The molecule has 0 fully saturated rings. The molecule has 0 heterocycles. The minimum atomic E-state index is 0.586. The summed E-state index contributed by atoms with van der Waals surface area (Å²) in [6, 6.07) is 5.46. The van der Waals surface area contributed by atoms with Crippen LogP contribution in [0, 0.1) is 17.8 Å². The van der Waals surface area contributed by atoms with Crippen LogP contribution in [0.15, 0.2) is 18.2 Å². The van der Waals surface area contributed by atoms with Crippen molar-refractivity contribution in [2.45, 2.75) is 20.3 Å². The quantitative estimate of drug-likeness (QED) is 0.693. The van der Waals surface area contributed by atoms with E-state index in [2.05, 4.69) is 25.7 Å². The molecule has 0 saturated carbocycles. The lowest BCUT2D eigenvalue weighted by Crippen LogP contribution is -1.88. The molecule has 1 nitrogen and oxygen atoms in total. The second kappa shape index (κ2) is 5.68. The van der Waals surface area contributed by atoms with E-state index < -0.39 is 0 Å². The van der Waals surface area contributed by atoms with Gasteiger partial charge in [0.05, 0.1) is 12.7 Å². The molecule has 0 aliphatic carbocycles. The van der Waals surface area contributed by atoms with Gasteiger partial charge in [0.1, 0.15) is 5.75 Å². The molecule has 0 amide bonds. The Hall–Kier alpha value is -1.13. The number of halogens is 1. The maximum atomic E-state index is 5.89. The minimum absolute atomic E-state index is 0.586. The Labute approximate surface area is 96.4 Å². The highest BCUT2D eigenvalue weighted by Crippen LogP contribution is 2.21. The predicted octanol–water partition coefficient (Wildman–Crippen LogP) is 3.75. The first-order valence-electron chi connectivity index (χ1n) is 4.96.